The Morgan fingerprint density at radius 2 is 1.90 bits per heavy atom. The molecule has 0 atom stereocenters. The third-order valence-corrected chi connectivity index (χ3v) is 3.31. The highest BCUT2D eigenvalue weighted by Crippen LogP contribution is 2.22. The molecule has 21 heavy (non-hydrogen) atoms. The highest BCUT2D eigenvalue weighted by atomic mass is 16.6. The molecule has 5 nitrogen and oxygen atoms in total. The van der Waals surface area contributed by atoms with Crippen molar-refractivity contribution < 1.29 is 9.66 Å². The van der Waals surface area contributed by atoms with Crippen molar-refractivity contribution in [2.45, 2.75) is 20.1 Å². The van der Waals surface area contributed by atoms with Crippen LogP contribution in [0.4, 0.5) is 5.69 Å². The predicted molar refractivity (Wildman–Crippen MR) is 81.4 cm³/mol. The summed E-state index contributed by atoms with van der Waals surface area (Å²) < 4.78 is 5.70. The highest BCUT2D eigenvalue weighted by molar-refractivity contribution is 5.44. The minimum Gasteiger partial charge on any atom is -0.489 e. The second-order valence-electron chi connectivity index (χ2n) is 4.78. The molecule has 0 heterocycles. The largest absolute Gasteiger partial charge is 0.489 e. The van der Waals surface area contributed by atoms with Gasteiger partial charge in [-0.25, -0.2) is 0 Å². The van der Waals surface area contributed by atoms with Gasteiger partial charge in [-0.3, -0.25) is 10.1 Å². The molecular weight excluding hydrogens is 268 g/mol. The minimum absolute atomic E-state index is 0.125. The van der Waals surface area contributed by atoms with E-state index in [1.807, 2.05) is 37.4 Å². The predicted octanol–water partition coefficient (Wildman–Crippen LogP) is 3.20. The highest BCUT2D eigenvalue weighted by Gasteiger charge is 2.13. The van der Waals surface area contributed by atoms with E-state index in [1.54, 1.807) is 13.0 Å². The zero-order valence-electron chi connectivity index (χ0n) is 12.1. The van der Waals surface area contributed by atoms with Gasteiger partial charge in [-0.05, 0) is 37.2 Å². The van der Waals surface area contributed by atoms with Crippen molar-refractivity contribution in [2.75, 3.05) is 7.05 Å². The first-order valence-corrected chi connectivity index (χ1v) is 6.71. The molecule has 110 valence electrons. The normalized spacial score (nSPS) is 10.4. The fourth-order valence-corrected chi connectivity index (χ4v) is 2.09. The molecule has 0 spiro atoms. The van der Waals surface area contributed by atoms with Gasteiger partial charge in [0, 0.05) is 18.2 Å². The van der Waals surface area contributed by atoms with Crippen molar-refractivity contribution in [3.05, 3.63) is 69.3 Å². The molecule has 2 aromatic rings. The third kappa shape index (κ3) is 3.79. The summed E-state index contributed by atoms with van der Waals surface area (Å²) in [5, 5.41) is 14.0. The van der Waals surface area contributed by atoms with E-state index in [1.165, 1.54) is 11.6 Å². The quantitative estimate of drug-likeness (QED) is 0.654. The number of rotatable bonds is 6. The molecular formula is C16H18N2O3. The summed E-state index contributed by atoms with van der Waals surface area (Å²) in [5.74, 6) is 0.751. The number of nitro benzene ring substituents is 1. The Hall–Kier alpha value is -2.40. The zero-order chi connectivity index (χ0) is 15.2. The van der Waals surface area contributed by atoms with Crippen LogP contribution in [0, 0.1) is 17.0 Å². The van der Waals surface area contributed by atoms with Crippen molar-refractivity contribution in [1.82, 2.24) is 5.32 Å². The van der Waals surface area contributed by atoms with Gasteiger partial charge in [0.15, 0.2) is 0 Å². The summed E-state index contributed by atoms with van der Waals surface area (Å²) in [7, 11) is 1.90. The molecule has 0 unspecified atom stereocenters. The lowest BCUT2D eigenvalue weighted by Gasteiger charge is -2.09. The average molecular weight is 286 g/mol. The molecule has 0 amide bonds. The van der Waals surface area contributed by atoms with E-state index >= 15 is 0 Å². The van der Waals surface area contributed by atoms with E-state index < -0.39 is 0 Å². The average Bonchev–Trinajstić information content (AvgIpc) is 2.48. The van der Waals surface area contributed by atoms with Gasteiger partial charge in [-0.1, -0.05) is 24.3 Å². The number of hydrogen-bond acceptors (Lipinski definition) is 4. The molecule has 0 aliphatic carbocycles. The van der Waals surface area contributed by atoms with E-state index in [0.29, 0.717) is 12.2 Å². The summed E-state index contributed by atoms with van der Waals surface area (Å²) >= 11 is 0. The van der Waals surface area contributed by atoms with E-state index in [0.717, 1.165) is 17.9 Å². The van der Waals surface area contributed by atoms with Crippen LogP contribution in [0.5, 0.6) is 5.75 Å². The van der Waals surface area contributed by atoms with Crippen LogP contribution in [0.15, 0.2) is 42.5 Å². The maximum atomic E-state index is 10.9. The Balaban J connectivity index is 2.06. The summed E-state index contributed by atoms with van der Waals surface area (Å²) in [6, 6.07) is 12.8. The van der Waals surface area contributed by atoms with Gasteiger partial charge in [0.2, 0.25) is 0 Å². The molecule has 5 heteroatoms. The van der Waals surface area contributed by atoms with E-state index in [4.69, 9.17) is 4.74 Å². The number of ether oxygens (including phenoxy) is 1. The topological polar surface area (TPSA) is 64.4 Å². The van der Waals surface area contributed by atoms with Crippen LogP contribution in [0.1, 0.15) is 16.7 Å². The number of nitro groups is 1. The second-order valence-corrected chi connectivity index (χ2v) is 4.78. The fourth-order valence-electron chi connectivity index (χ4n) is 2.09. The van der Waals surface area contributed by atoms with Crippen LogP contribution in [0.3, 0.4) is 0 Å². The first-order valence-electron chi connectivity index (χ1n) is 6.71. The first-order chi connectivity index (χ1) is 10.1. The van der Waals surface area contributed by atoms with Crippen LogP contribution in [0.25, 0.3) is 0 Å². The SMILES string of the molecule is CNCc1ccc(OCc2cccc([N+](=O)[O-])c2C)cc1. The van der Waals surface area contributed by atoms with E-state index in [-0.39, 0.29) is 10.6 Å². The molecule has 0 aliphatic heterocycles. The summed E-state index contributed by atoms with van der Waals surface area (Å²) in [6.07, 6.45) is 0. The molecule has 0 aliphatic rings. The van der Waals surface area contributed by atoms with Crippen LogP contribution in [0.2, 0.25) is 0 Å². The number of nitrogens with one attached hydrogen (secondary N) is 1. The molecule has 0 radical (unpaired) electrons. The lowest BCUT2D eigenvalue weighted by atomic mass is 10.1. The molecule has 2 aromatic carbocycles. The molecule has 0 fully saturated rings. The number of benzene rings is 2. The molecule has 0 bridgehead atoms. The Kier molecular flexibility index (Phi) is 4.90. The van der Waals surface area contributed by atoms with E-state index in [9.17, 15) is 10.1 Å². The van der Waals surface area contributed by atoms with Crippen molar-refractivity contribution in [1.29, 1.82) is 0 Å². The Morgan fingerprint density at radius 3 is 2.52 bits per heavy atom. The van der Waals surface area contributed by atoms with Gasteiger partial charge in [0.1, 0.15) is 12.4 Å². The zero-order valence-corrected chi connectivity index (χ0v) is 12.1. The molecule has 1 N–H and O–H groups in total. The van der Waals surface area contributed by atoms with Crippen LogP contribution >= 0.6 is 0 Å². The lowest BCUT2D eigenvalue weighted by molar-refractivity contribution is -0.385. The Morgan fingerprint density at radius 1 is 1.19 bits per heavy atom. The molecule has 0 saturated carbocycles. The molecule has 2 rings (SSSR count). The van der Waals surface area contributed by atoms with Crippen molar-refractivity contribution >= 4 is 5.69 Å². The van der Waals surface area contributed by atoms with Gasteiger partial charge in [-0.2, -0.15) is 0 Å². The number of hydrogen-bond donors (Lipinski definition) is 1. The third-order valence-electron chi connectivity index (χ3n) is 3.31. The lowest BCUT2D eigenvalue weighted by Crippen LogP contribution is -2.05. The molecule has 0 aromatic heterocycles. The second kappa shape index (κ2) is 6.85. The maximum absolute atomic E-state index is 10.9. The first kappa shape index (κ1) is 15.0. The Bertz CT molecular complexity index is 624. The number of nitrogens with zero attached hydrogens (tertiary/aromatic N) is 1. The standard InChI is InChI=1S/C16H18N2O3/c1-12-14(4-3-5-16(12)18(19)20)11-21-15-8-6-13(7-9-15)10-17-2/h3-9,17H,10-11H2,1-2H3. The monoisotopic (exact) mass is 286 g/mol. The van der Waals surface area contributed by atoms with Gasteiger partial charge in [0.05, 0.1) is 4.92 Å². The van der Waals surface area contributed by atoms with Crippen LogP contribution in [-0.2, 0) is 13.2 Å². The smallest absolute Gasteiger partial charge is 0.272 e. The maximum Gasteiger partial charge on any atom is 0.272 e. The van der Waals surface area contributed by atoms with E-state index in [2.05, 4.69) is 5.32 Å². The van der Waals surface area contributed by atoms with Gasteiger partial charge in [-0.15, -0.1) is 0 Å². The van der Waals surface area contributed by atoms with Crippen LogP contribution in [-0.4, -0.2) is 12.0 Å². The Labute approximate surface area is 123 Å². The van der Waals surface area contributed by atoms with Crippen molar-refractivity contribution in [2.24, 2.45) is 0 Å². The van der Waals surface area contributed by atoms with Gasteiger partial charge in [0.25, 0.3) is 5.69 Å². The summed E-state index contributed by atoms with van der Waals surface area (Å²) in [4.78, 5) is 10.5. The fraction of sp³-hybridized carbons (Fsp3) is 0.250. The summed E-state index contributed by atoms with van der Waals surface area (Å²) in [5.41, 5.74) is 2.77. The minimum atomic E-state index is -0.370. The van der Waals surface area contributed by atoms with Crippen molar-refractivity contribution in [3.8, 4) is 5.75 Å². The molecule has 0 saturated heterocycles. The van der Waals surface area contributed by atoms with Gasteiger partial charge < -0.3 is 10.1 Å². The van der Waals surface area contributed by atoms with Crippen LogP contribution < -0.4 is 10.1 Å². The van der Waals surface area contributed by atoms with Crippen molar-refractivity contribution in [3.63, 3.8) is 0 Å². The van der Waals surface area contributed by atoms with Gasteiger partial charge >= 0.3 is 0 Å². The summed E-state index contributed by atoms with van der Waals surface area (Å²) in [6.45, 7) is 2.87.